The fourth-order valence-electron chi connectivity index (χ4n) is 0.286. The maximum atomic E-state index is 10.2. The highest BCUT2D eigenvalue weighted by molar-refractivity contribution is 5.74. The lowest BCUT2D eigenvalue weighted by molar-refractivity contribution is -0.118. The third kappa shape index (κ3) is 4.85. The molecule has 0 aromatic rings. The minimum absolute atomic E-state index is 0.00736. The second-order valence-corrected chi connectivity index (χ2v) is 1.50. The third-order valence-electron chi connectivity index (χ3n) is 0.699. The lowest BCUT2D eigenvalue weighted by Gasteiger charge is -1.99. The van der Waals surface area contributed by atoms with Crippen molar-refractivity contribution in [2.75, 3.05) is 6.61 Å². The van der Waals surface area contributed by atoms with Crippen LogP contribution in [0.2, 0.25) is 0 Å². The smallest absolute Gasteiger partial charge is 0.421 e. The molecule has 10 heavy (non-hydrogen) atoms. The van der Waals surface area contributed by atoms with Crippen LogP contribution in [0.3, 0.4) is 0 Å². The molecule has 5 N–H and O–H groups in total. The zero-order valence-electron chi connectivity index (χ0n) is 5.29. The van der Waals surface area contributed by atoms with Gasteiger partial charge in [0.05, 0.1) is 6.42 Å². The van der Waals surface area contributed by atoms with E-state index in [4.69, 9.17) is 5.73 Å². The van der Waals surface area contributed by atoms with Crippen molar-refractivity contribution in [3.63, 3.8) is 0 Å². The Kier molecular flexibility index (Phi) is 3.97. The first-order chi connectivity index (χ1) is 4.66. The van der Waals surface area contributed by atoms with Crippen molar-refractivity contribution < 1.29 is 14.3 Å². The molecule has 2 amide bonds. The fourth-order valence-corrected chi connectivity index (χ4v) is 0.286. The van der Waals surface area contributed by atoms with E-state index in [9.17, 15) is 9.59 Å². The molecule has 0 aromatic carbocycles. The highest BCUT2D eigenvalue weighted by Gasteiger charge is 1.98. The molecule has 0 fully saturated rings. The van der Waals surface area contributed by atoms with Crippen molar-refractivity contribution in [3.05, 3.63) is 0 Å². The summed E-state index contributed by atoms with van der Waals surface area (Å²) >= 11 is 0. The molecule has 0 aromatic heterocycles. The van der Waals surface area contributed by atoms with Gasteiger partial charge >= 0.3 is 6.09 Å². The first-order valence-corrected chi connectivity index (χ1v) is 2.58. The van der Waals surface area contributed by atoms with Gasteiger partial charge in [0, 0.05) is 0 Å². The second kappa shape index (κ2) is 4.57. The Labute approximate surface area is 57.5 Å². The zero-order chi connectivity index (χ0) is 7.98. The van der Waals surface area contributed by atoms with Crippen molar-refractivity contribution in [1.29, 1.82) is 0 Å². The van der Waals surface area contributed by atoms with E-state index in [1.165, 1.54) is 0 Å². The summed E-state index contributed by atoms with van der Waals surface area (Å²) in [5, 5.41) is 0. The SMILES string of the molecule is NNC(=O)OCCC(N)=O. The van der Waals surface area contributed by atoms with E-state index >= 15 is 0 Å². The molecule has 0 aliphatic carbocycles. The Morgan fingerprint density at radius 2 is 2.10 bits per heavy atom. The molecule has 58 valence electrons. The van der Waals surface area contributed by atoms with Crippen LogP contribution in [0.15, 0.2) is 0 Å². The molecule has 6 nitrogen and oxygen atoms in total. The molecule has 0 saturated heterocycles. The first-order valence-electron chi connectivity index (χ1n) is 2.58. The Hall–Kier alpha value is -1.30. The summed E-state index contributed by atoms with van der Waals surface area (Å²) in [7, 11) is 0. The number of nitrogens with two attached hydrogens (primary N) is 2. The van der Waals surface area contributed by atoms with Gasteiger partial charge in [0.25, 0.3) is 0 Å². The quantitative estimate of drug-likeness (QED) is 0.255. The summed E-state index contributed by atoms with van der Waals surface area (Å²) in [5.74, 6) is 4.12. The number of hydrazine groups is 1. The Morgan fingerprint density at radius 3 is 2.50 bits per heavy atom. The van der Waals surface area contributed by atoms with Gasteiger partial charge in [-0.1, -0.05) is 0 Å². The van der Waals surface area contributed by atoms with Crippen molar-refractivity contribution in [2.45, 2.75) is 6.42 Å². The van der Waals surface area contributed by atoms with Gasteiger partial charge in [-0.15, -0.1) is 0 Å². The molecule has 0 saturated carbocycles. The van der Waals surface area contributed by atoms with Crippen LogP contribution in [0.1, 0.15) is 6.42 Å². The Morgan fingerprint density at radius 1 is 1.50 bits per heavy atom. The van der Waals surface area contributed by atoms with Gasteiger partial charge in [0.1, 0.15) is 6.61 Å². The number of carbonyl (C=O) groups excluding carboxylic acids is 2. The number of hydrogen-bond donors (Lipinski definition) is 3. The van der Waals surface area contributed by atoms with E-state index < -0.39 is 12.0 Å². The molecule has 0 rings (SSSR count). The third-order valence-corrected chi connectivity index (χ3v) is 0.699. The number of ether oxygens (including phenoxy) is 1. The first kappa shape index (κ1) is 8.70. The van der Waals surface area contributed by atoms with Crippen LogP contribution in [-0.4, -0.2) is 18.6 Å². The topological polar surface area (TPSA) is 107 Å². The van der Waals surface area contributed by atoms with Crippen LogP contribution in [0, 0.1) is 0 Å². The monoisotopic (exact) mass is 147 g/mol. The molecule has 0 atom stereocenters. The standard InChI is InChI=1S/C4H9N3O3/c5-3(8)1-2-10-4(9)7-6/h1-2,6H2,(H2,5,8)(H,7,9). The van der Waals surface area contributed by atoms with Crippen LogP contribution in [-0.2, 0) is 9.53 Å². The molecule has 0 heterocycles. The van der Waals surface area contributed by atoms with E-state index in [2.05, 4.69) is 10.6 Å². The van der Waals surface area contributed by atoms with Crippen LogP contribution in [0.4, 0.5) is 4.79 Å². The molecule has 0 spiro atoms. The van der Waals surface area contributed by atoms with Crippen LogP contribution >= 0.6 is 0 Å². The molecule has 0 aliphatic rings. The van der Waals surface area contributed by atoms with Gasteiger partial charge in [0.15, 0.2) is 0 Å². The van der Waals surface area contributed by atoms with E-state index in [0.717, 1.165) is 0 Å². The van der Waals surface area contributed by atoms with Gasteiger partial charge in [-0.3, -0.25) is 10.2 Å². The summed E-state index contributed by atoms with van der Waals surface area (Å²) in [6, 6.07) is 0. The lowest BCUT2D eigenvalue weighted by Crippen LogP contribution is -2.31. The molecule has 0 radical (unpaired) electrons. The minimum atomic E-state index is -0.777. The van der Waals surface area contributed by atoms with Gasteiger partial charge in [0.2, 0.25) is 5.91 Å². The number of carbonyl (C=O) groups is 2. The molecular formula is C4H9N3O3. The number of nitrogens with one attached hydrogen (secondary N) is 1. The van der Waals surface area contributed by atoms with Crippen LogP contribution in [0.25, 0.3) is 0 Å². The summed E-state index contributed by atoms with van der Waals surface area (Å²) in [4.78, 5) is 20.2. The van der Waals surface area contributed by atoms with E-state index in [1.807, 2.05) is 0 Å². The largest absolute Gasteiger partial charge is 0.448 e. The van der Waals surface area contributed by atoms with Gasteiger partial charge < -0.3 is 10.5 Å². The van der Waals surface area contributed by atoms with Gasteiger partial charge in [-0.05, 0) is 0 Å². The predicted molar refractivity (Wildman–Crippen MR) is 32.5 cm³/mol. The van der Waals surface area contributed by atoms with Gasteiger partial charge in [-0.2, -0.15) is 0 Å². The van der Waals surface area contributed by atoms with Crippen LogP contribution in [0.5, 0.6) is 0 Å². The van der Waals surface area contributed by atoms with E-state index in [-0.39, 0.29) is 13.0 Å². The highest BCUT2D eigenvalue weighted by Crippen LogP contribution is 1.80. The second-order valence-electron chi connectivity index (χ2n) is 1.50. The lowest BCUT2D eigenvalue weighted by atomic mass is 10.4. The fraction of sp³-hybridized carbons (Fsp3) is 0.500. The van der Waals surface area contributed by atoms with E-state index in [0.29, 0.717) is 0 Å². The van der Waals surface area contributed by atoms with Crippen LogP contribution < -0.4 is 17.0 Å². The van der Waals surface area contributed by atoms with Crippen molar-refractivity contribution in [3.8, 4) is 0 Å². The molecular weight excluding hydrogens is 138 g/mol. The zero-order valence-corrected chi connectivity index (χ0v) is 5.29. The molecule has 0 unspecified atom stereocenters. The van der Waals surface area contributed by atoms with Crippen molar-refractivity contribution in [1.82, 2.24) is 5.43 Å². The molecule has 0 aliphatic heterocycles. The molecule has 0 bridgehead atoms. The average molecular weight is 147 g/mol. The van der Waals surface area contributed by atoms with Gasteiger partial charge in [-0.25, -0.2) is 10.6 Å². The predicted octanol–water partition coefficient (Wildman–Crippen LogP) is -1.54. The maximum absolute atomic E-state index is 10.2. The normalized spacial score (nSPS) is 8.50. The number of amides is 2. The maximum Gasteiger partial charge on any atom is 0.421 e. The average Bonchev–Trinajstić information content (AvgIpc) is 1.87. The minimum Gasteiger partial charge on any atom is -0.448 e. The van der Waals surface area contributed by atoms with Crippen molar-refractivity contribution in [2.24, 2.45) is 11.6 Å². The Balaban J connectivity index is 3.20. The summed E-state index contributed by atoms with van der Waals surface area (Å²) in [6.45, 7) is -0.0433. The number of hydrogen-bond acceptors (Lipinski definition) is 4. The summed E-state index contributed by atoms with van der Waals surface area (Å²) < 4.78 is 4.33. The highest BCUT2D eigenvalue weighted by atomic mass is 16.5. The number of rotatable bonds is 3. The van der Waals surface area contributed by atoms with Crippen molar-refractivity contribution >= 4 is 12.0 Å². The summed E-state index contributed by atoms with van der Waals surface area (Å²) in [6.07, 6.45) is -0.769. The van der Waals surface area contributed by atoms with E-state index in [1.54, 1.807) is 5.43 Å². The summed E-state index contributed by atoms with van der Waals surface area (Å²) in [5.41, 5.74) is 6.46. The Bertz CT molecular complexity index is 136. The molecule has 6 heteroatoms. The number of primary amides is 1.